The molecule has 0 saturated carbocycles. The molecule has 2 unspecified atom stereocenters. The number of aromatic nitrogens is 6. The lowest BCUT2D eigenvalue weighted by molar-refractivity contribution is 0.0923. The number of aromatic amines is 1. The second kappa shape index (κ2) is 9.94. The first kappa shape index (κ1) is 24.7. The molecule has 2 bridgehead atoms. The fourth-order valence-electron chi connectivity index (χ4n) is 5.81. The summed E-state index contributed by atoms with van der Waals surface area (Å²) >= 11 is 0. The molecule has 5 heterocycles. The van der Waals surface area contributed by atoms with Gasteiger partial charge in [-0.05, 0) is 76.4 Å². The molecule has 200 valence electrons. The van der Waals surface area contributed by atoms with Crippen molar-refractivity contribution < 1.29 is 9.47 Å². The molecule has 0 spiro atoms. The average Bonchev–Trinajstić information content (AvgIpc) is 3.66. The Hall–Kier alpha value is -3.59. The van der Waals surface area contributed by atoms with Gasteiger partial charge in [0.15, 0.2) is 0 Å². The highest BCUT2D eigenvalue weighted by molar-refractivity contribution is 5.93. The van der Waals surface area contributed by atoms with E-state index in [2.05, 4.69) is 63.0 Å². The number of hydrogen-bond donors (Lipinski definition) is 1. The van der Waals surface area contributed by atoms with Gasteiger partial charge in [-0.3, -0.25) is 14.7 Å². The maximum Gasteiger partial charge on any atom is 0.240 e. The highest BCUT2D eigenvalue weighted by atomic mass is 16.5. The van der Waals surface area contributed by atoms with Crippen molar-refractivity contribution in [1.82, 2.24) is 34.7 Å². The molecule has 9 heteroatoms. The summed E-state index contributed by atoms with van der Waals surface area (Å²) in [6.07, 6.45) is 9.42. The molecule has 6 rings (SSSR count). The van der Waals surface area contributed by atoms with Crippen LogP contribution in [0.2, 0.25) is 0 Å². The molecule has 2 aliphatic heterocycles. The summed E-state index contributed by atoms with van der Waals surface area (Å²) in [5, 5.41) is 18.3. The minimum absolute atomic E-state index is 0.00193. The lowest BCUT2D eigenvalue weighted by Gasteiger charge is -2.30. The number of H-pyrrole nitrogens is 1. The van der Waals surface area contributed by atoms with E-state index in [1.807, 2.05) is 37.8 Å². The Morgan fingerprint density at radius 3 is 2.92 bits per heavy atom. The largest absolute Gasteiger partial charge is 0.473 e. The Balaban J connectivity index is 1.55. The first-order valence-corrected chi connectivity index (χ1v) is 13.8. The van der Waals surface area contributed by atoms with Crippen LogP contribution in [-0.2, 0) is 20.1 Å². The summed E-state index contributed by atoms with van der Waals surface area (Å²) in [4.78, 5) is 2.55. The number of nitrogens with zero attached hydrogens (tertiary/aromatic N) is 6. The van der Waals surface area contributed by atoms with Gasteiger partial charge in [0.05, 0.1) is 40.3 Å². The van der Waals surface area contributed by atoms with Crippen molar-refractivity contribution in [3.8, 4) is 22.9 Å². The second-order valence-electron chi connectivity index (χ2n) is 10.7. The summed E-state index contributed by atoms with van der Waals surface area (Å²) < 4.78 is 16.9. The molecular weight excluding hydrogens is 478 g/mol. The Kier molecular flexibility index (Phi) is 6.47. The fourth-order valence-corrected chi connectivity index (χ4v) is 5.81. The molecule has 9 nitrogen and oxygen atoms in total. The molecule has 0 aliphatic carbocycles. The van der Waals surface area contributed by atoms with Gasteiger partial charge in [0.1, 0.15) is 6.10 Å². The standard InChI is InChI=1S/C29H37N7O2/c1-6-13-36-27-17-35-14-7-8-26(35)19(4)38-29-23(16-30-34(29)5)20-9-11-24-22(15-20)25(32-31-24)12-10-21(27)28(33-36)37-18(2)3/h9-12,15-16,18-19,26H,6-8,13-14,17H2,1-5H3,(H,31,32)/b12-10+. The first-order valence-electron chi connectivity index (χ1n) is 13.8. The van der Waals surface area contributed by atoms with E-state index >= 15 is 0 Å². The van der Waals surface area contributed by atoms with Gasteiger partial charge in [0.2, 0.25) is 11.8 Å². The number of ether oxygens (including phenoxy) is 2. The third kappa shape index (κ3) is 4.38. The molecule has 3 aromatic heterocycles. The zero-order valence-corrected chi connectivity index (χ0v) is 22.9. The molecular formula is C29H37N7O2. The van der Waals surface area contributed by atoms with Crippen molar-refractivity contribution in [2.75, 3.05) is 6.54 Å². The quantitative estimate of drug-likeness (QED) is 0.398. The van der Waals surface area contributed by atoms with E-state index in [0.717, 1.165) is 78.1 Å². The summed E-state index contributed by atoms with van der Waals surface area (Å²) in [6, 6.07) is 6.60. The predicted octanol–water partition coefficient (Wildman–Crippen LogP) is 5.27. The van der Waals surface area contributed by atoms with Crippen LogP contribution in [0.5, 0.6) is 11.8 Å². The molecule has 2 aliphatic rings. The molecule has 1 saturated heterocycles. The van der Waals surface area contributed by atoms with E-state index < -0.39 is 0 Å². The minimum atomic E-state index is -0.00193. The predicted molar refractivity (Wildman–Crippen MR) is 149 cm³/mol. The van der Waals surface area contributed by atoms with Crippen LogP contribution < -0.4 is 9.47 Å². The van der Waals surface area contributed by atoms with Gasteiger partial charge in [-0.15, -0.1) is 5.10 Å². The van der Waals surface area contributed by atoms with E-state index in [1.165, 1.54) is 5.69 Å². The molecule has 0 radical (unpaired) electrons. The molecule has 4 aromatic rings. The third-order valence-electron chi connectivity index (χ3n) is 7.65. The van der Waals surface area contributed by atoms with Crippen LogP contribution in [-0.4, -0.2) is 59.5 Å². The van der Waals surface area contributed by atoms with Crippen LogP contribution in [0.1, 0.15) is 63.9 Å². The number of fused-ring (bicyclic) bond motifs is 5. The highest BCUT2D eigenvalue weighted by Gasteiger charge is 2.33. The lowest BCUT2D eigenvalue weighted by atomic mass is 10.0. The van der Waals surface area contributed by atoms with Crippen molar-refractivity contribution in [3.05, 3.63) is 41.3 Å². The van der Waals surface area contributed by atoms with E-state index in [-0.39, 0.29) is 12.2 Å². The summed E-state index contributed by atoms with van der Waals surface area (Å²) in [7, 11) is 1.95. The lowest BCUT2D eigenvalue weighted by Crippen LogP contribution is -2.40. The van der Waals surface area contributed by atoms with Crippen molar-refractivity contribution >= 4 is 23.1 Å². The Labute approximate surface area is 223 Å². The van der Waals surface area contributed by atoms with Gasteiger partial charge in [0.25, 0.3) is 0 Å². The Bertz CT molecular complexity index is 1480. The van der Waals surface area contributed by atoms with Crippen LogP contribution in [0.25, 0.3) is 34.2 Å². The zero-order chi connectivity index (χ0) is 26.4. The van der Waals surface area contributed by atoms with Gasteiger partial charge in [0, 0.05) is 31.6 Å². The maximum atomic E-state index is 6.70. The van der Waals surface area contributed by atoms with Crippen LogP contribution in [0.3, 0.4) is 0 Å². The minimum Gasteiger partial charge on any atom is -0.473 e. The number of nitrogens with one attached hydrogen (secondary N) is 1. The zero-order valence-electron chi connectivity index (χ0n) is 22.9. The Morgan fingerprint density at radius 1 is 1.24 bits per heavy atom. The van der Waals surface area contributed by atoms with Gasteiger partial charge in [-0.1, -0.05) is 13.0 Å². The molecule has 1 aromatic carbocycles. The maximum absolute atomic E-state index is 6.70. The van der Waals surface area contributed by atoms with E-state index in [9.17, 15) is 0 Å². The molecule has 0 amide bonds. The summed E-state index contributed by atoms with van der Waals surface area (Å²) in [5.74, 6) is 1.48. The van der Waals surface area contributed by atoms with Gasteiger partial charge in [-0.2, -0.15) is 10.2 Å². The topological polar surface area (TPSA) is 86.0 Å². The van der Waals surface area contributed by atoms with E-state index in [1.54, 1.807) is 0 Å². The first-order chi connectivity index (χ1) is 18.4. The van der Waals surface area contributed by atoms with E-state index in [0.29, 0.717) is 11.9 Å². The van der Waals surface area contributed by atoms with E-state index in [4.69, 9.17) is 14.6 Å². The second-order valence-corrected chi connectivity index (χ2v) is 10.7. The van der Waals surface area contributed by atoms with Gasteiger partial charge >= 0.3 is 0 Å². The normalized spacial score (nSPS) is 20.6. The summed E-state index contributed by atoms with van der Waals surface area (Å²) in [6.45, 7) is 11.1. The van der Waals surface area contributed by atoms with Gasteiger partial charge < -0.3 is 9.47 Å². The number of benzene rings is 1. The van der Waals surface area contributed by atoms with Crippen molar-refractivity contribution in [2.24, 2.45) is 7.05 Å². The number of aryl methyl sites for hydroxylation is 2. The van der Waals surface area contributed by atoms with Crippen molar-refractivity contribution in [3.63, 3.8) is 0 Å². The summed E-state index contributed by atoms with van der Waals surface area (Å²) in [5.41, 5.74) is 6.12. The highest BCUT2D eigenvalue weighted by Crippen LogP contribution is 2.36. The smallest absolute Gasteiger partial charge is 0.240 e. The average molecular weight is 516 g/mol. The fraction of sp³-hybridized carbons (Fsp3) is 0.483. The van der Waals surface area contributed by atoms with Crippen molar-refractivity contribution in [2.45, 2.75) is 78.3 Å². The number of hydrogen-bond acceptors (Lipinski definition) is 6. The SMILES string of the molecule is CCCn1nc(OC(C)C)c2c1CN1CCCC1C(C)Oc1c(cnn1C)-c1ccc3n[nH]c(c3c1)/C=C/2. The molecule has 1 N–H and O–H groups in total. The van der Waals surface area contributed by atoms with Crippen LogP contribution in [0, 0.1) is 0 Å². The monoisotopic (exact) mass is 515 g/mol. The van der Waals surface area contributed by atoms with Crippen LogP contribution in [0.15, 0.2) is 24.4 Å². The van der Waals surface area contributed by atoms with Gasteiger partial charge in [-0.25, -0.2) is 4.68 Å². The third-order valence-corrected chi connectivity index (χ3v) is 7.65. The Morgan fingerprint density at radius 2 is 2.11 bits per heavy atom. The van der Waals surface area contributed by atoms with Crippen molar-refractivity contribution in [1.29, 1.82) is 0 Å². The molecule has 38 heavy (non-hydrogen) atoms. The van der Waals surface area contributed by atoms with Crippen LogP contribution >= 0.6 is 0 Å². The number of rotatable bonds is 4. The van der Waals surface area contributed by atoms with Crippen LogP contribution in [0.4, 0.5) is 0 Å². The molecule has 1 fully saturated rings. The molecule has 2 atom stereocenters.